The molecule has 0 saturated heterocycles. The van der Waals surface area contributed by atoms with Crippen molar-refractivity contribution in [2.24, 2.45) is 0 Å². The van der Waals surface area contributed by atoms with E-state index in [4.69, 9.17) is 0 Å². The van der Waals surface area contributed by atoms with E-state index in [1.54, 1.807) is 0 Å². The molecular formula is C11H11F3N4. The summed E-state index contributed by atoms with van der Waals surface area (Å²) in [5.74, 6) is -3.27. The minimum absolute atomic E-state index is 0.294. The molecule has 0 unspecified atom stereocenters. The Morgan fingerprint density at radius 3 is 2.78 bits per heavy atom. The third kappa shape index (κ3) is 2.35. The van der Waals surface area contributed by atoms with E-state index in [0.29, 0.717) is 24.8 Å². The van der Waals surface area contributed by atoms with E-state index in [-0.39, 0.29) is 5.69 Å². The SMILES string of the molecule is CCNCc1cnnn1-c1cc(F)cc(F)c1F. The molecule has 0 saturated carbocycles. The van der Waals surface area contributed by atoms with Gasteiger partial charge in [-0.1, -0.05) is 12.1 Å². The lowest BCUT2D eigenvalue weighted by atomic mass is 10.2. The lowest BCUT2D eigenvalue weighted by molar-refractivity contribution is 0.484. The molecule has 7 heteroatoms. The van der Waals surface area contributed by atoms with Gasteiger partial charge in [0.1, 0.15) is 11.5 Å². The molecule has 4 nitrogen and oxygen atoms in total. The van der Waals surface area contributed by atoms with Crippen molar-refractivity contribution in [2.75, 3.05) is 6.54 Å². The minimum atomic E-state index is -1.25. The number of benzene rings is 1. The molecular weight excluding hydrogens is 245 g/mol. The van der Waals surface area contributed by atoms with Gasteiger partial charge in [0, 0.05) is 18.7 Å². The molecule has 0 aliphatic carbocycles. The lowest BCUT2D eigenvalue weighted by Gasteiger charge is -2.08. The van der Waals surface area contributed by atoms with Crippen LogP contribution in [0.15, 0.2) is 18.3 Å². The fourth-order valence-electron chi connectivity index (χ4n) is 1.53. The average molecular weight is 256 g/mol. The van der Waals surface area contributed by atoms with E-state index < -0.39 is 17.5 Å². The molecule has 18 heavy (non-hydrogen) atoms. The fourth-order valence-corrected chi connectivity index (χ4v) is 1.53. The van der Waals surface area contributed by atoms with Crippen LogP contribution >= 0.6 is 0 Å². The van der Waals surface area contributed by atoms with Crippen LogP contribution in [0.3, 0.4) is 0 Å². The highest BCUT2D eigenvalue weighted by atomic mass is 19.2. The van der Waals surface area contributed by atoms with Crippen molar-refractivity contribution in [1.29, 1.82) is 0 Å². The summed E-state index contributed by atoms with van der Waals surface area (Å²) in [6, 6.07) is 1.36. The third-order valence-electron chi connectivity index (χ3n) is 2.38. The number of aromatic nitrogens is 3. The van der Waals surface area contributed by atoms with Crippen LogP contribution in [-0.2, 0) is 6.54 Å². The van der Waals surface area contributed by atoms with Gasteiger partial charge in [-0.3, -0.25) is 0 Å². The molecule has 96 valence electrons. The smallest absolute Gasteiger partial charge is 0.184 e. The molecule has 1 aromatic carbocycles. The first-order chi connectivity index (χ1) is 8.63. The number of rotatable bonds is 4. The summed E-state index contributed by atoms with van der Waals surface area (Å²) in [6.45, 7) is 2.98. The molecule has 2 aromatic rings. The van der Waals surface area contributed by atoms with Crippen LogP contribution in [0.1, 0.15) is 12.6 Å². The number of nitrogens with one attached hydrogen (secondary N) is 1. The van der Waals surface area contributed by atoms with Crippen molar-refractivity contribution in [1.82, 2.24) is 20.3 Å². The molecule has 1 heterocycles. The van der Waals surface area contributed by atoms with Crippen molar-refractivity contribution in [2.45, 2.75) is 13.5 Å². The van der Waals surface area contributed by atoms with E-state index in [1.807, 2.05) is 6.92 Å². The molecule has 2 rings (SSSR count). The largest absolute Gasteiger partial charge is 0.311 e. The highest BCUT2D eigenvalue weighted by Crippen LogP contribution is 2.18. The second kappa shape index (κ2) is 5.18. The van der Waals surface area contributed by atoms with Crippen LogP contribution in [-0.4, -0.2) is 21.5 Å². The summed E-state index contributed by atoms with van der Waals surface area (Å²) in [7, 11) is 0. The average Bonchev–Trinajstić information content (AvgIpc) is 2.79. The molecule has 0 radical (unpaired) electrons. The summed E-state index contributed by atoms with van der Waals surface area (Å²) >= 11 is 0. The van der Waals surface area contributed by atoms with Crippen LogP contribution in [0.5, 0.6) is 0 Å². The van der Waals surface area contributed by atoms with Crippen LogP contribution in [0.2, 0.25) is 0 Å². The third-order valence-corrected chi connectivity index (χ3v) is 2.38. The maximum absolute atomic E-state index is 13.6. The quantitative estimate of drug-likeness (QED) is 0.848. The predicted molar refractivity (Wildman–Crippen MR) is 58.6 cm³/mol. The predicted octanol–water partition coefficient (Wildman–Crippen LogP) is 1.79. The summed E-state index contributed by atoms with van der Waals surface area (Å²) in [4.78, 5) is 0. The summed E-state index contributed by atoms with van der Waals surface area (Å²) in [5.41, 5.74) is 0.221. The standard InChI is InChI=1S/C11H11F3N4/c1-2-15-5-8-6-16-17-18(8)10-4-7(12)3-9(13)11(10)14/h3-4,6,15H,2,5H2,1H3. The zero-order valence-corrected chi connectivity index (χ0v) is 9.62. The molecule has 1 aromatic heterocycles. The maximum atomic E-state index is 13.6. The maximum Gasteiger partial charge on any atom is 0.184 e. The van der Waals surface area contributed by atoms with Gasteiger partial charge in [0.05, 0.1) is 11.9 Å². The Balaban J connectivity index is 2.45. The van der Waals surface area contributed by atoms with Gasteiger partial charge in [-0.25, -0.2) is 17.9 Å². The van der Waals surface area contributed by atoms with Gasteiger partial charge in [-0.2, -0.15) is 0 Å². The van der Waals surface area contributed by atoms with Crippen molar-refractivity contribution in [3.8, 4) is 5.69 Å². The van der Waals surface area contributed by atoms with Gasteiger partial charge in [0.2, 0.25) is 0 Å². The van der Waals surface area contributed by atoms with E-state index in [9.17, 15) is 13.2 Å². The molecule has 0 spiro atoms. The van der Waals surface area contributed by atoms with Crippen molar-refractivity contribution >= 4 is 0 Å². The highest BCUT2D eigenvalue weighted by Gasteiger charge is 2.16. The van der Waals surface area contributed by atoms with E-state index >= 15 is 0 Å². The molecule has 1 N–H and O–H groups in total. The Hall–Kier alpha value is -1.89. The Bertz CT molecular complexity index is 553. The van der Waals surface area contributed by atoms with E-state index in [1.165, 1.54) is 6.20 Å². The van der Waals surface area contributed by atoms with Gasteiger partial charge < -0.3 is 5.32 Å². The molecule has 0 amide bonds. The van der Waals surface area contributed by atoms with E-state index in [0.717, 1.165) is 10.7 Å². The van der Waals surface area contributed by atoms with Crippen LogP contribution < -0.4 is 5.32 Å². The Labute approximate surface area is 101 Å². The first-order valence-corrected chi connectivity index (χ1v) is 5.38. The van der Waals surface area contributed by atoms with E-state index in [2.05, 4.69) is 15.6 Å². The van der Waals surface area contributed by atoms with Gasteiger partial charge in [-0.15, -0.1) is 5.10 Å². The van der Waals surface area contributed by atoms with Crippen molar-refractivity contribution in [3.63, 3.8) is 0 Å². The number of nitrogens with zero attached hydrogens (tertiary/aromatic N) is 3. The topological polar surface area (TPSA) is 42.7 Å². The van der Waals surface area contributed by atoms with Crippen LogP contribution in [0, 0.1) is 17.5 Å². The Morgan fingerprint density at radius 1 is 1.28 bits per heavy atom. The second-order valence-electron chi connectivity index (χ2n) is 3.64. The number of hydrogen-bond acceptors (Lipinski definition) is 3. The normalized spacial score (nSPS) is 10.9. The summed E-state index contributed by atoms with van der Waals surface area (Å²) in [6.07, 6.45) is 1.41. The summed E-state index contributed by atoms with van der Waals surface area (Å²) in [5, 5.41) is 10.2. The number of halogens is 3. The molecule has 0 aliphatic heterocycles. The van der Waals surface area contributed by atoms with Crippen LogP contribution in [0.4, 0.5) is 13.2 Å². The molecule has 0 bridgehead atoms. The number of hydrogen-bond donors (Lipinski definition) is 1. The van der Waals surface area contributed by atoms with Gasteiger partial charge in [0.25, 0.3) is 0 Å². The van der Waals surface area contributed by atoms with Gasteiger partial charge in [0.15, 0.2) is 11.6 Å². The minimum Gasteiger partial charge on any atom is -0.311 e. The first-order valence-electron chi connectivity index (χ1n) is 5.38. The lowest BCUT2D eigenvalue weighted by Crippen LogP contribution is -2.16. The first kappa shape index (κ1) is 12.6. The fraction of sp³-hybridized carbons (Fsp3) is 0.273. The molecule has 0 fully saturated rings. The zero-order chi connectivity index (χ0) is 13.1. The zero-order valence-electron chi connectivity index (χ0n) is 9.62. The van der Waals surface area contributed by atoms with Crippen molar-refractivity contribution < 1.29 is 13.2 Å². The van der Waals surface area contributed by atoms with Gasteiger partial charge >= 0.3 is 0 Å². The highest BCUT2D eigenvalue weighted by molar-refractivity contribution is 5.35. The Kier molecular flexibility index (Phi) is 3.61. The monoisotopic (exact) mass is 256 g/mol. The van der Waals surface area contributed by atoms with Crippen molar-refractivity contribution in [3.05, 3.63) is 41.5 Å². The second-order valence-corrected chi connectivity index (χ2v) is 3.64. The van der Waals surface area contributed by atoms with Gasteiger partial charge in [-0.05, 0) is 6.54 Å². The molecule has 0 aliphatic rings. The Morgan fingerprint density at radius 2 is 2.06 bits per heavy atom. The molecule has 0 atom stereocenters. The summed E-state index contributed by atoms with van der Waals surface area (Å²) < 4.78 is 40.9. The van der Waals surface area contributed by atoms with Crippen LogP contribution in [0.25, 0.3) is 5.69 Å².